The largest absolute Gasteiger partial charge is 0.483 e. The molecule has 0 fully saturated rings. The summed E-state index contributed by atoms with van der Waals surface area (Å²) in [6, 6.07) is 20.3. The van der Waals surface area contributed by atoms with Crippen LogP contribution in [0.3, 0.4) is 0 Å². The number of hydrogen-bond donors (Lipinski definition) is 2. The van der Waals surface area contributed by atoms with Gasteiger partial charge in [-0.3, -0.25) is 9.59 Å². The molecule has 9 heteroatoms. The maximum absolute atomic E-state index is 12.7. The lowest BCUT2D eigenvalue weighted by Crippen LogP contribution is -2.21. The van der Waals surface area contributed by atoms with Crippen LogP contribution in [-0.2, 0) is 14.3 Å². The van der Waals surface area contributed by atoms with E-state index in [9.17, 15) is 19.6 Å². The summed E-state index contributed by atoms with van der Waals surface area (Å²) < 4.78 is 11.0. The van der Waals surface area contributed by atoms with Gasteiger partial charge < -0.3 is 20.1 Å². The average Bonchev–Trinajstić information content (AvgIpc) is 2.88. The van der Waals surface area contributed by atoms with E-state index in [1.54, 1.807) is 24.3 Å². The molecule has 0 heterocycles. The molecule has 8 nitrogen and oxygen atoms in total. The number of ether oxygens (including phenoxy) is 2. The molecule has 0 atom stereocenters. The minimum atomic E-state index is -0.647. The van der Waals surface area contributed by atoms with Crippen molar-refractivity contribution >= 4 is 51.2 Å². The Kier molecular flexibility index (Phi) is 8.97. The Morgan fingerprint density at radius 2 is 1.75 bits per heavy atom. The molecular formula is C27H22BrN3O5. The maximum atomic E-state index is 12.7. The average molecular weight is 548 g/mol. The number of benzene rings is 3. The number of carbonyl (C=O) groups excluding carboxylic acids is 3. The van der Waals surface area contributed by atoms with Gasteiger partial charge in [0.2, 0.25) is 0 Å². The van der Waals surface area contributed by atoms with Crippen molar-refractivity contribution in [1.29, 1.82) is 5.26 Å². The number of aryl methyl sites for hydroxylation is 1. The fraction of sp³-hybridized carbons (Fsp3) is 0.111. The van der Waals surface area contributed by atoms with Crippen LogP contribution >= 0.6 is 15.9 Å². The van der Waals surface area contributed by atoms with Crippen molar-refractivity contribution in [3.63, 3.8) is 0 Å². The Morgan fingerprint density at radius 3 is 2.42 bits per heavy atom. The second-order valence-electron chi connectivity index (χ2n) is 7.53. The van der Waals surface area contributed by atoms with Crippen molar-refractivity contribution in [2.24, 2.45) is 0 Å². The summed E-state index contributed by atoms with van der Waals surface area (Å²) in [4.78, 5) is 36.7. The molecule has 0 aliphatic carbocycles. The smallest absolute Gasteiger partial charge is 0.337 e. The summed E-state index contributed by atoms with van der Waals surface area (Å²) in [6.07, 6.45) is 1.37. The molecule has 3 aromatic carbocycles. The predicted molar refractivity (Wildman–Crippen MR) is 139 cm³/mol. The van der Waals surface area contributed by atoms with Crippen LogP contribution in [0.5, 0.6) is 5.75 Å². The third-order valence-corrected chi connectivity index (χ3v) is 5.47. The minimum Gasteiger partial charge on any atom is -0.483 e. The molecule has 0 aliphatic rings. The number of esters is 1. The van der Waals surface area contributed by atoms with E-state index in [2.05, 4.69) is 31.3 Å². The number of halogens is 1. The Labute approximate surface area is 216 Å². The van der Waals surface area contributed by atoms with Crippen molar-refractivity contribution in [2.75, 3.05) is 24.4 Å². The Balaban J connectivity index is 1.73. The number of nitrogens with one attached hydrogen (secondary N) is 2. The number of para-hydroxylation sites is 1. The van der Waals surface area contributed by atoms with Gasteiger partial charge in [0, 0.05) is 21.4 Å². The summed E-state index contributed by atoms with van der Waals surface area (Å²) in [7, 11) is 1.28. The van der Waals surface area contributed by atoms with E-state index in [0.717, 1.165) is 5.56 Å². The minimum absolute atomic E-state index is 0.181. The van der Waals surface area contributed by atoms with Gasteiger partial charge in [0.25, 0.3) is 11.8 Å². The first kappa shape index (κ1) is 26.2. The first-order valence-electron chi connectivity index (χ1n) is 10.7. The van der Waals surface area contributed by atoms with E-state index in [1.807, 2.05) is 31.2 Å². The number of amides is 2. The van der Waals surface area contributed by atoms with Crippen LogP contribution in [0.1, 0.15) is 21.5 Å². The van der Waals surface area contributed by atoms with E-state index in [-0.39, 0.29) is 18.1 Å². The molecule has 36 heavy (non-hydrogen) atoms. The van der Waals surface area contributed by atoms with Crippen LogP contribution in [-0.4, -0.2) is 31.5 Å². The molecular weight excluding hydrogens is 526 g/mol. The molecule has 0 unspecified atom stereocenters. The zero-order valence-electron chi connectivity index (χ0n) is 19.5. The van der Waals surface area contributed by atoms with Crippen LogP contribution in [0.4, 0.5) is 11.4 Å². The van der Waals surface area contributed by atoms with Gasteiger partial charge in [0.05, 0.1) is 12.7 Å². The Hall–Kier alpha value is -4.42. The molecule has 0 bridgehead atoms. The number of nitrogens with zero attached hydrogens (tertiary/aromatic N) is 1. The number of methoxy groups -OCH3 is 1. The zero-order valence-corrected chi connectivity index (χ0v) is 21.1. The second kappa shape index (κ2) is 12.3. The topological polar surface area (TPSA) is 118 Å². The number of nitriles is 1. The standard InChI is InChI=1S/C27H22BrN3O5/c1-17-5-3-4-6-23(17)31-25(32)16-36-24-12-9-21(28)14-19(24)13-20(15-29)26(33)30-22-10-7-18(8-11-22)27(34)35-2/h3-14H,16H2,1-2H3,(H,30,33)(H,31,32)/b20-13-. The van der Waals surface area contributed by atoms with Crippen molar-refractivity contribution in [3.8, 4) is 11.8 Å². The molecule has 3 aromatic rings. The van der Waals surface area contributed by atoms with Crippen LogP contribution in [0, 0.1) is 18.3 Å². The number of rotatable bonds is 8. The highest BCUT2D eigenvalue weighted by Crippen LogP contribution is 2.26. The number of hydrogen-bond acceptors (Lipinski definition) is 6. The van der Waals surface area contributed by atoms with E-state index in [0.29, 0.717) is 32.7 Å². The van der Waals surface area contributed by atoms with Crippen molar-refractivity contribution in [2.45, 2.75) is 6.92 Å². The van der Waals surface area contributed by atoms with Crippen molar-refractivity contribution in [1.82, 2.24) is 0 Å². The summed E-state index contributed by atoms with van der Waals surface area (Å²) in [5, 5.41) is 15.0. The molecule has 3 rings (SSSR count). The number of anilines is 2. The summed E-state index contributed by atoms with van der Waals surface area (Å²) >= 11 is 3.37. The molecule has 0 aliphatic heterocycles. The van der Waals surface area contributed by atoms with Crippen LogP contribution in [0.25, 0.3) is 6.08 Å². The predicted octanol–water partition coefficient (Wildman–Crippen LogP) is 5.11. The first-order valence-corrected chi connectivity index (χ1v) is 11.5. The quantitative estimate of drug-likeness (QED) is 0.230. The van der Waals surface area contributed by atoms with Crippen molar-refractivity contribution in [3.05, 3.63) is 93.5 Å². The lowest BCUT2D eigenvalue weighted by atomic mass is 10.1. The summed E-state index contributed by atoms with van der Waals surface area (Å²) in [6.45, 7) is 1.62. The van der Waals surface area contributed by atoms with Gasteiger partial charge in [-0.15, -0.1) is 0 Å². The third-order valence-electron chi connectivity index (χ3n) is 4.98. The van der Waals surface area contributed by atoms with Gasteiger partial charge in [-0.05, 0) is 67.1 Å². The van der Waals surface area contributed by atoms with Crippen LogP contribution in [0.15, 0.2) is 76.8 Å². The van der Waals surface area contributed by atoms with Crippen molar-refractivity contribution < 1.29 is 23.9 Å². The summed E-state index contributed by atoms with van der Waals surface area (Å²) in [5.74, 6) is -1.18. The fourth-order valence-electron chi connectivity index (χ4n) is 3.12. The summed E-state index contributed by atoms with van der Waals surface area (Å²) in [5.41, 5.74) is 2.58. The van der Waals surface area contributed by atoms with E-state index in [4.69, 9.17) is 4.74 Å². The Morgan fingerprint density at radius 1 is 1.03 bits per heavy atom. The fourth-order valence-corrected chi connectivity index (χ4v) is 3.50. The van der Waals surface area contributed by atoms with Gasteiger partial charge in [-0.1, -0.05) is 34.1 Å². The molecule has 2 amide bonds. The lowest BCUT2D eigenvalue weighted by Gasteiger charge is -2.12. The normalized spacial score (nSPS) is 10.7. The molecule has 0 aromatic heterocycles. The maximum Gasteiger partial charge on any atom is 0.337 e. The third kappa shape index (κ3) is 7.04. The SMILES string of the molecule is COC(=O)c1ccc(NC(=O)/C(C#N)=C\c2cc(Br)ccc2OCC(=O)Nc2ccccc2C)cc1. The molecule has 0 spiro atoms. The molecule has 0 saturated carbocycles. The zero-order chi connectivity index (χ0) is 26.1. The van der Waals surface area contributed by atoms with Gasteiger partial charge in [-0.25, -0.2) is 4.79 Å². The highest BCUT2D eigenvalue weighted by molar-refractivity contribution is 9.10. The monoisotopic (exact) mass is 547 g/mol. The molecule has 0 saturated heterocycles. The van der Waals surface area contributed by atoms with Gasteiger partial charge >= 0.3 is 5.97 Å². The van der Waals surface area contributed by atoms with Gasteiger partial charge in [0.15, 0.2) is 6.61 Å². The molecule has 0 radical (unpaired) electrons. The van der Waals surface area contributed by atoms with E-state index < -0.39 is 11.9 Å². The second-order valence-corrected chi connectivity index (χ2v) is 8.44. The highest BCUT2D eigenvalue weighted by Gasteiger charge is 2.14. The highest BCUT2D eigenvalue weighted by atomic mass is 79.9. The Bertz CT molecular complexity index is 1360. The number of carbonyl (C=O) groups is 3. The van der Waals surface area contributed by atoms with E-state index >= 15 is 0 Å². The molecule has 182 valence electrons. The van der Waals surface area contributed by atoms with E-state index in [1.165, 1.54) is 37.5 Å². The van der Waals surface area contributed by atoms with Gasteiger partial charge in [0.1, 0.15) is 17.4 Å². The van der Waals surface area contributed by atoms with Crippen LogP contribution in [0.2, 0.25) is 0 Å². The molecule has 2 N–H and O–H groups in total. The van der Waals surface area contributed by atoms with Gasteiger partial charge in [-0.2, -0.15) is 5.26 Å². The first-order chi connectivity index (χ1) is 17.3. The lowest BCUT2D eigenvalue weighted by molar-refractivity contribution is -0.118. The van der Waals surface area contributed by atoms with Crippen LogP contribution < -0.4 is 15.4 Å².